The zero-order valence-electron chi connectivity index (χ0n) is 15.8. The van der Waals surface area contributed by atoms with Crippen LogP contribution in [-0.4, -0.2) is 34.0 Å². The number of hydrogen-bond acceptors (Lipinski definition) is 2. The number of H-pyrrole nitrogens is 1. The summed E-state index contributed by atoms with van der Waals surface area (Å²) in [5.74, 6) is -0.993. The van der Waals surface area contributed by atoms with Crippen LogP contribution in [0.2, 0.25) is 0 Å². The zero-order valence-corrected chi connectivity index (χ0v) is 15.8. The maximum Gasteiger partial charge on any atom is 0.416 e. The molecule has 1 aromatic carbocycles. The summed E-state index contributed by atoms with van der Waals surface area (Å²) >= 11 is 0. The summed E-state index contributed by atoms with van der Waals surface area (Å²) < 4.78 is 51.9. The lowest BCUT2D eigenvalue weighted by atomic mass is 10.00. The predicted octanol–water partition coefficient (Wildman–Crippen LogP) is 4.72. The number of amides is 2. The third-order valence-electron chi connectivity index (χ3n) is 5.02. The third-order valence-corrected chi connectivity index (χ3v) is 5.02. The van der Waals surface area contributed by atoms with E-state index in [1.165, 1.54) is 0 Å². The van der Waals surface area contributed by atoms with Gasteiger partial charge in [0.2, 0.25) is 0 Å². The summed E-state index contributed by atoms with van der Waals surface area (Å²) in [4.78, 5) is 21.3. The lowest BCUT2D eigenvalue weighted by Gasteiger charge is -2.26. The molecule has 0 atom stereocenters. The number of aromatic amines is 1. The first-order valence-electron chi connectivity index (χ1n) is 9.32. The molecule has 3 heterocycles. The molecule has 9 heteroatoms. The lowest BCUT2D eigenvalue weighted by molar-refractivity contribution is -0.137. The Hall–Kier alpha value is -3.36. The summed E-state index contributed by atoms with van der Waals surface area (Å²) in [6.45, 7) is 0.632. The molecule has 0 radical (unpaired) electrons. The molecule has 4 rings (SSSR count). The maximum absolute atomic E-state index is 13.5. The minimum atomic E-state index is -4.65. The van der Waals surface area contributed by atoms with Gasteiger partial charge in [-0.15, -0.1) is 0 Å². The molecular weight excluding hydrogens is 400 g/mol. The first-order valence-corrected chi connectivity index (χ1v) is 9.32. The fraction of sp³-hybridized carbons (Fsp3) is 0.238. The highest BCUT2D eigenvalue weighted by Gasteiger charge is 2.31. The van der Waals surface area contributed by atoms with Gasteiger partial charge in [-0.05, 0) is 47.9 Å². The van der Waals surface area contributed by atoms with Gasteiger partial charge in [-0.3, -0.25) is 0 Å². The van der Waals surface area contributed by atoms with E-state index in [4.69, 9.17) is 0 Å². The Morgan fingerprint density at radius 1 is 1.27 bits per heavy atom. The topological polar surface area (TPSA) is 61.0 Å². The highest BCUT2D eigenvalue weighted by Crippen LogP contribution is 2.31. The number of rotatable bonds is 3. The van der Waals surface area contributed by atoms with Crippen LogP contribution in [0.1, 0.15) is 23.1 Å². The third kappa shape index (κ3) is 4.14. The van der Waals surface area contributed by atoms with Crippen molar-refractivity contribution in [3.8, 4) is 0 Å². The van der Waals surface area contributed by atoms with E-state index in [1.54, 1.807) is 11.1 Å². The van der Waals surface area contributed by atoms with Gasteiger partial charge in [0.05, 0.1) is 5.56 Å². The van der Waals surface area contributed by atoms with Gasteiger partial charge in [-0.25, -0.2) is 14.2 Å². The van der Waals surface area contributed by atoms with Gasteiger partial charge in [-0.2, -0.15) is 13.2 Å². The molecule has 1 aliphatic rings. The minimum absolute atomic E-state index is 0.0511. The first-order chi connectivity index (χ1) is 14.3. The Morgan fingerprint density at radius 2 is 2.10 bits per heavy atom. The van der Waals surface area contributed by atoms with Crippen molar-refractivity contribution in [2.45, 2.75) is 19.1 Å². The molecule has 0 spiro atoms. The van der Waals surface area contributed by atoms with Crippen molar-refractivity contribution in [2.24, 2.45) is 0 Å². The fourth-order valence-corrected chi connectivity index (χ4v) is 3.53. The average Bonchev–Trinajstić information content (AvgIpc) is 3.15. The summed E-state index contributed by atoms with van der Waals surface area (Å²) in [6, 6.07) is 5.67. The Balaban J connectivity index is 1.40. The molecular formula is C21H18F4N4O. The van der Waals surface area contributed by atoms with E-state index in [2.05, 4.69) is 15.3 Å². The number of alkyl halides is 3. The quantitative estimate of drug-likeness (QED) is 0.605. The Morgan fingerprint density at radius 3 is 2.83 bits per heavy atom. The van der Waals surface area contributed by atoms with Crippen LogP contribution in [0.15, 0.2) is 48.8 Å². The van der Waals surface area contributed by atoms with Gasteiger partial charge in [0.1, 0.15) is 11.5 Å². The largest absolute Gasteiger partial charge is 0.416 e. The molecule has 0 saturated heterocycles. The van der Waals surface area contributed by atoms with E-state index in [-0.39, 0.29) is 12.1 Å². The van der Waals surface area contributed by atoms with E-state index in [9.17, 15) is 22.4 Å². The second-order valence-corrected chi connectivity index (χ2v) is 7.03. The van der Waals surface area contributed by atoms with Crippen LogP contribution in [0.3, 0.4) is 0 Å². The van der Waals surface area contributed by atoms with Crippen molar-refractivity contribution < 1.29 is 22.4 Å². The minimum Gasteiger partial charge on any atom is -0.346 e. The van der Waals surface area contributed by atoms with Crippen molar-refractivity contribution >= 4 is 22.6 Å². The summed E-state index contributed by atoms with van der Waals surface area (Å²) in [7, 11) is 0. The van der Waals surface area contributed by atoms with E-state index in [1.807, 2.05) is 24.4 Å². The maximum atomic E-state index is 13.5. The Bertz CT molecular complexity index is 1120. The van der Waals surface area contributed by atoms with Gasteiger partial charge in [-0.1, -0.05) is 6.08 Å². The Labute approximate surface area is 169 Å². The number of benzene rings is 1. The number of nitrogens with one attached hydrogen (secondary N) is 2. The lowest BCUT2D eigenvalue weighted by Crippen LogP contribution is -2.41. The highest BCUT2D eigenvalue weighted by molar-refractivity contribution is 5.91. The molecule has 30 heavy (non-hydrogen) atoms. The van der Waals surface area contributed by atoms with Gasteiger partial charge < -0.3 is 15.2 Å². The molecule has 0 bridgehead atoms. The van der Waals surface area contributed by atoms with Crippen LogP contribution in [0.5, 0.6) is 0 Å². The molecule has 1 aliphatic heterocycles. The highest BCUT2D eigenvalue weighted by atomic mass is 19.4. The molecule has 3 aromatic rings. The van der Waals surface area contributed by atoms with E-state index < -0.39 is 23.6 Å². The molecule has 0 fully saturated rings. The number of urea groups is 1. The number of carbonyl (C=O) groups is 1. The SMILES string of the molecule is O=C(NCc1cc(F)cc(C(F)(F)F)c1)N1CC=C(c2c[nH]c3ncccc23)CC1. The van der Waals surface area contributed by atoms with Crippen LogP contribution >= 0.6 is 0 Å². The van der Waals surface area contributed by atoms with Crippen molar-refractivity contribution in [2.75, 3.05) is 13.1 Å². The van der Waals surface area contributed by atoms with Crippen LogP contribution in [0, 0.1) is 5.82 Å². The monoisotopic (exact) mass is 418 g/mol. The normalized spacial score (nSPS) is 14.7. The fourth-order valence-electron chi connectivity index (χ4n) is 3.53. The number of pyridine rings is 1. The molecule has 0 aliphatic carbocycles. The average molecular weight is 418 g/mol. The van der Waals surface area contributed by atoms with Crippen LogP contribution in [-0.2, 0) is 12.7 Å². The van der Waals surface area contributed by atoms with Crippen molar-refractivity contribution in [1.29, 1.82) is 0 Å². The van der Waals surface area contributed by atoms with E-state index >= 15 is 0 Å². The number of hydrogen-bond donors (Lipinski definition) is 2. The molecule has 2 N–H and O–H groups in total. The molecule has 0 unspecified atom stereocenters. The van der Waals surface area contributed by atoms with Crippen LogP contribution in [0.4, 0.5) is 22.4 Å². The summed E-state index contributed by atoms with van der Waals surface area (Å²) in [6.07, 6.45) is 1.53. The van der Waals surface area contributed by atoms with E-state index in [0.717, 1.165) is 34.3 Å². The number of carbonyl (C=O) groups excluding carboxylic acids is 1. The number of nitrogens with zero attached hydrogens (tertiary/aromatic N) is 2. The molecule has 156 valence electrons. The second-order valence-electron chi connectivity index (χ2n) is 7.03. The molecule has 5 nitrogen and oxygen atoms in total. The standard InChI is InChI=1S/C21H18F4N4O/c22-16-9-13(8-15(10-16)21(23,24)25)11-28-20(30)29-6-3-14(4-7-29)18-12-27-19-17(18)2-1-5-26-19/h1-3,5,8-10,12H,4,6-7,11H2,(H,26,27)(H,28,30). The smallest absolute Gasteiger partial charge is 0.346 e. The molecule has 2 amide bonds. The summed E-state index contributed by atoms with van der Waals surface area (Å²) in [5.41, 5.74) is 1.90. The van der Waals surface area contributed by atoms with E-state index in [0.29, 0.717) is 25.6 Å². The molecule has 0 saturated carbocycles. The van der Waals surface area contributed by atoms with Gasteiger partial charge in [0.25, 0.3) is 0 Å². The van der Waals surface area contributed by atoms with Crippen molar-refractivity contribution in [1.82, 2.24) is 20.2 Å². The van der Waals surface area contributed by atoms with Gasteiger partial charge in [0, 0.05) is 43.0 Å². The number of aromatic nitrogens is 2. The Kier molecular flexibility index (Phi) is 5.19. The number of halogens is 4. The van der Waals surface area contributed by atoms with Crippen LogP contribution in [0.25, 0.3) is 16.6 Å². The van der Waals surface area contributed by atoms with Crippen molar-refractivity contribution in [3.05, 3.63) is 71.3 Å². The van der Waals surface area contributed by atoms with Crippen LogP contribution < -0.4 is 5.32 Å². The number of fused-ring (bicyclic) bond motifs is 1. The van der Waals surface area contributed by atoms with Crippen molar-refractivity contribution in [3.63, 3.8) is 0 Å². The van der Waals surface area contributed by atoms with Gasteiger partial charge >= 0.3 is 12.2 Å². The first kappa shape index (κ1) is 19.9. The predicted molar refractivity (Wildman–Crippen MR) is 104 cm³/mol. The summed E-state index contributed by atoms with van der Waals surface area (Å²) in [5, 5.41) is 3.57. The second kappa shape index (κ2) is 7.81. The molecule has 2 aromatic heterocycles. The van der Waals surface area contributed by atoms with Gasteiger partial charge in [0.15, 0.2) is 0 Å². The zero-order chi connectivity index (χ0) is 21.3.